The molecule has 0 radical (unpaired) electrons. The molecular formula is C21H22N4O3S2. The van der Waals surface area contributed by atoms with E-state index in [4.69, 9.17) is 4.74 Å². The van der Waals surface area contributed by atoms with E-state index < -0.39 is 0 Å². The summed E-state index contributed by atoms with van der Waals surface area (Å²) in [7, 11) is 1.88. The predicted octanol–water partition coefficient (Wildman–Crippen LogP) is 3.94. The Balaban J connectivity index is 1.44. The number of carbonyl (C=O) groups is 2. The van der Waals surface area contributed by atoms with Crippen LogP contribution in [0.2, 0.25) is 0 Å². The third kappa shape index (κ3) is 4.13. The molecule has 9 heteroatoms. The van der Waals surface area contributed by atoms with Crippen molar-refractivity contribution in [1.82, 2.24) is 14.8 Å². The molecule has 0 fully saturated rings. The molecule has 0 saturated carbocycles. The number of esters is 1. The molecule has 156 valence electrons. The molecule has 0 spiro atoms. The average molecular weight is 443 g/mol. The zero-order valence-electron chi connectivity index (χ0n) is 16.8. The fourth-order valence-electron chi connectivity index (χ4n) is 3.48. The number of amides is 1. The second-order valence-electron chi connectivity index (χ2n) is 6.85. The summed E-state index contributed by atoms with van der Waals surface area (Å²) < 4.78 is 7.09. The highest BCUT2D eigenvalue weighted by Gasteiger charge is 2.28. The maximum atomic E-state index is 12.6. The highest BCUT2D eigenvalue weighted by atomic mass is 32.2. The molecule has 2 heterocycles. The lowest BCUT2D eigenvalue weighted by Crippen LogP contribution is -2.17. The van der Waals surface area contributed by atoms with Crippen LogP contribution in [0.25, 0.3) is 11.4 Å². The minimum atomic E-state index is -0.361. The van der Waals surface area contributed by atoms with Crippen LogP contribution in [-0.4, -0.2) is 39.0 Å². The molecule has 0 unspecified atom stereocenters. The van der Waals surface area contributed by atoms with Gasteiger partial charge in [0.15, 0.2) is 11.0 Å². The van der Waals surface area contributed by atoms with E-state index in [1.165, 1.54) is 28.0 Å². The number of benzene rings is 1. The largest absolute Gasteiger partial charge is 0.462 e. The lowest BCUT2D eigenvalue weighted by molar-refractivity contribution is -0.113. The average Bonchev–Trinajstić information content (AvgIpc) is 3.42. The number of nitrogens with zero attached hydrogens (tertiary/aromatic N) is 3. The number of hydrogen-bond donors (Lipinski definition) is 1. The van der Waals surface area contributed by atoms with Crippen molar-refractivity contribution in [2.75, 3.05) is 17.7 Å². The minimum Gasteiger partial charge on any atom is -0.462 e. The van der Waals surface area contributed by atoms with Crippen LogP contribution in [0.3, 0.4) is 0 Å². The molecule has 0 atom stereocenters. The van der Waals surface area contributed by atoms with Gasteiger partial charge < -0.3 is 14.6 Å². The van der Waals surface area contributed by atoms with Gasteiger partial charge in [-0.25, -0.2) is 4.79 Å². The van der Waals surface area contributed by atoms with Crippen LogP contribution in [0, 0.1) is 0 Å². The number of ether oxygens (including phenoxy) is 1. The number of rotatable bonds is 7. The summed E-state index contributed by atoms with van der Waals surface area (Å²) in [6.45, 7) is 2.09. The highest BCUT2D eigenvalue weighted by Crippen LogP contribution is 2.39. The molecule has 0 aliphatic heterocycles. The van der Waals surface area contributed by atoms with Crippen LogP contribution >= 0.6 is 23.1 Å². The van der Waals surface area contributed by atoms with Crippen molar-refractivity contribution in [3.05, 3.63) is 46.3 Å². The number of thioether (sulfide) groups is 1. The first-order valence-electron chi connectivity index (χ1n) is 9.77. The number of nitrogens with one attached hydrogen (secondary N) is 1. The quantitative estimate of drug-likeness (QED) is 0.441. The van der Waals surface area contributed by atoms with E-state index in [9.17, 15) is 9.59 Å². The maximum Gasteiger partial charge on any atom is 0.341 e. The Kier molecular flexibility index (Phi) is 6.19. The van der Waals surface area contributed by atoms with Gasteiger partial charge in [-0.15, -0.1) is 21.5 Å². The fourth-order valence-corrected chi connectivity index (χ4v) is 5.49. The number of thiophene rings is 1. The molecule has 1 aromatic carbocycles. The zero-order valence-corrected chi connectivity index (χ0v) is 18.4. The van der Waals surface area contributed by atoms with Gasteiger partial charge in [0.1, 0.15) is 5.00 Å². The van der Waals surface area contributed by atoms with Gasteiger partial charge in [-0.05, 0) is 31.7 Å². The van der Waals surface area contributed by atoms with Crippen molar-refractivity contribution in [3.8, 4) is 11.4 Å². The Morgan fingerprint density at radius 2 is 2.03 bits per heavy atom. The van der Waals surface area contributed by atoms with Crippen molar-refractivity contribution < 1.29 is 14.3 Å². The minimum absolute atomic E-state index is 0.172. The van der Waals surface area contributed by atoms with Crippen molar-refractivity contribution in [3.63, 3.8) is 0 Å². The van der Waals surface area contributed by atoms with E-state index >= 15 is 0 Å². The number of aryl methyl sites for hydroxylation is 1. The summed E-state index contributed by atoms with van der Waals surface area (Å²) in [5.41, 5.74) is 2.52. The topological polar surface area (TPSA) is 86.1 Å². The summed E-state index contributed by atoms with van der Waals surface area (Å²) >= 11 is 2.79. The molecule has 7 nitrogen and oxygen atoms in total. The smallest absolute Gasteiger partial charge is 0.341 e. The fraction of sp³-hybridized carbons (Fsp3) is 0.333. The first kappa shape index (κ1) is 20.6. The van der Waals surface area contributed by atoms with Crippen molar-refractivity contribution in [2.45, 2.75) is 31.3 Å². The molecule has 1 aliphatic rings. The normalized spacial score (nSPS) is 12.6. The number of anilines is 1. The number of fused-ring (bicyclic) bond motifs is 1. The van der Waals surface area contributed by atoms with E-state index in [0.717, 1.165) is 36.2 Å². The molecule has 0 bridgehead atoms. The summed E-state index contributed by atoms with van der Waals surface area (Å²) in [6, 6.07) is 9.79. The molecule has 3 aromatic rings. The Morgan fingerprint density at radius 1 is 1.23 bits per heavy atom. The molecule has 1 amide bonds. The second kappa shape index (κ2) is 9.01. The lowest BCUT2D eigenvalue weighted by atomic mass is 10.1. The Bertz CT molecular complexity index is 1080. The number of hydrogen-bond acceptors (Lipinski definition) is 7. The third-order valence-electron chi connectivity index (χ3n) is 4.85. The highest BCUT2D eigenvalue weighted by molar-refractivity contribution is 7.99. The van der Waals surface area contributed by atoms with E-state index in [2.05, 4.69) is 15.5 Å². The molecule has 1 N–H and O–H groups in total. The molecule has 2 aromatic heterocycles. The summed E-state index contributed by atoms with van der Waals surface area (Å²) in [5.74, 6) is 0.374. The van der Waals surface area contributed by atoms with Crippen LogP contribution < -0.4 is 5.32 Å². The van der Waals surface area contributed by atoms with Gasteiger partial charge in [-0.1, -0.05) is 42.1 Å². The molecule has 30 heavy (non-hydrogen) atoms. The van der Waals surface area contributed by atoms with Gasteiger partial charge in [0.05, 0.1) is 17.9 Å². The summed E-state index contributed by atoms with van der Waals surface area (Å²) in [4.78, 5) is 26.2. The standard InChI is InChI=1S/C21H22N4O3S2/c1-3-28-20(27)17-14-10-7-11-15(14)30-19(17)22-16(26)12-29-21-24-23-18(25(21)2)13-8-5-4-6-9-13/h4-6,8-9H,3,7,10-12H2,1-2H3,(H,22,26). The monoisotopic (exact) mass is 442 g/mol. The van der Waals surface area contributed by atoms with Crippen molar-refractivity contribution in [1.29, 1.82) is 0 Å². The lowest BCUT2D eigenvalue weighted by Gasteiger charge is -2.08. The van der Waals surface area contributed by atoms with E-state index in [-0.39, 0.29) is 17.6 Å². The van der Waals surface area contributed by atoms with Gasteiger partial charge in [-0.2, -0.15) is 0 Å². The van der Waals surface area contributed by atoms with Crippen LogP contribution in [-0.2, 0) is 29.4 Å². The van der Waals surface area contributed by atoms with Crippen molar-refractivity contribution >= 4 is 40.0 Å². The van der Waals surface area contributed by atoms with Crippen molar-refractivity contribution in [2.24, 2.45) is 7.05 Å². The van der Waals surface area contributed by atoms with Crippen LogP contribution in [0.5, 0.6) is 0 Å². The molecule has 0 saturated heterocycles. The van der Waals surface area contributed by atoms with E-state index in [1.807, 2.05) is 41.9 Å². The second-order valence-corrected chi connectivity index (χ2v) is 8.90. The Labute approximate surface area is 182 Å². The van der Waals surface area contributed by atoms with E-state index in [1.54, 1.807) is 6.92 Å². The number of aromatic nitrogens is 3. The molecular weight excluding hydrogens is 420 g/mol. The van der Waals surface area contributed by atoms with Gasteiger partial charge in [0.2, 0.25) is 5.91 Å². The van der Waals surface area contributed by atoms with Crippen LogP contribution in [0.1, 0.15) is 34.1 Å². The zero-order chi connectivity index (χ0) is 21.1. The SMILES string of the molecule is CCOC(=O)c1c(NC(=O)CSc2nnc(-c3ccccc3)n2C)sc2c1CCC2. The predicted molar refractivity (Wildman–Crippen MR) is 118 cm³/mol. The van der Waals surface area contributed by atoms with Gasteiger partial charge in [-0.3, -0.25) is 4.79 Å². The third-order valence-corrected chi connectivity index (χ3v) is 7.08. The van der Waals surface area contributed by atoms with E-state index in [0.29, 0.717) is 22.3 Å². The van der Waals surface area contributed by atoms with Crippen LogP contribution in [0.15, 0.2) is 35.5 Å². The van der Waals surface area contributed by atoms with Gasteiger partial charge in [0, 0.05) is 17.5 Å². The van der Waals surface area contributed by atoms with Gasteiger partial charge in [0.25, 0.3) is 0 Å². The van der Waals surface area contributed by atoms with Crippen LogP contribution in [0.4, 0.5) is 5.00 Å². The molecule has 1 aliphatic carbocycles. The first-order valence-corrected chi connectivity index (χ1v) is 11.6. The number of carbonyl (C=O) groups excluding carboxylic acids is 2. The summed E-state index contributed by atoms with van der Waals surface area (Å²) in [5, 5.41) is 12.6. The van der Waals surface area contributed by atoms with Gasteiger partial charge >= 0.3 is 5.97 Å². The Hall–Kier alpha value is -2.65. The maximum absolute atomic E-state index is 12.6. The summed E-state index contributed by atoms with van der Waals surface area (Å²) in [6.07, 6.45) is 2.83. The first-order chi connectivity index (χ1) is 14.6. The molecule has 4 rings (SSSR count). The Morgan fingerprint density at radius 3 is 2.80 bits per heavy atom.